The number of benzene rings is 1. The fourth-order valence-electron chi connectivity index (χ4n) is 3.21. The lowest BCUT2D eigenvalue weighted by Crippen LogP contribution is -2.32. The molecule has 2 rings (SSSR count). The molecule has 0 amide bonds. The van der Waals surface area contributed by atoms with Gasteiger partial charge in [-0.25, -0.2) is 17.5 Å². The minimum Gasteiger partial charge on any atom is -0.481 e. The molecule has 0 radical (unpaired) electrons. The Balaban J connectivity index is 1.94. The third kappa shape index (κ3) is 6.45. The zero-order valence-electron chi connectivity index (χ0n) is 14.6. The molecule has 0 aromatic heterocycles. The predicted molar refractivity (Wildman–Crippen MR) is 103 cm³/mol. The van der Waals surface area contributed by atoms with Gasteiger partial charge in [-0.2, -0.15) is 0 Å². The lowest BCUT2D eigenvalue weighted by atomic mass is 9.92. The van der Waals surface area contributed by atoms with Gasteiger partial charge in [0.15, 0.2) is 0 Å². The molecule has 0 bridgehead atoms. The molecule has 0 aliphatic heterocycles. The normalized spacial score (nSPS) is 23.1. The van der Waals surface area contributed by atoms with Crippen molar-refractivity contribution in [2.24, 2.45) is 11.8 Å². The molecule has 1 aromatic carbocycles. The molecular formula is C18H22Cl2FNO4S. The van der Waals surface area contributed by atoms with E-state index in [0.717, 1.165) is 0 Å². The molecule has 27 heavy (non-hydrogen) atoms. The van der Waals surface area contributed by atoms with Gasteiger partial charge in [0.05, 0.1) is 14.9 Å². The number of allylic oxidation sites excluding steroid dienone is 2. The van der Waals surface area contributed by atoms with Crippen molar-refractivity contribution in [1.82, 2.24) is 4.72 Å². The van der Waals surface area contributed by atoms with Crippen LogP contribution in [0.4, 0.5) is 4.39 Å². The first-order valence-electron chi connectivity index (χ1n) is 8.66. The summed E-state index contributed by atoms with van der Waals surface area (Å²) in [4.78, 5) is 10.5. The maximum Gasteiger partial charge on any atom is 0.303 e. The van der Waals surface area contributed by atoms with Crippen LogP contribution < -0.4 is 4.72 Å². The van der Waals surface area contributed by atoms with Crippen molar-refractivity contribution >= 4 is 39.2 Å². The molecule has 150 valence electrons. The predicted octanol–water partition coefficient (Wildman–Crippen LogP) is 4.45. The Kier molecular flexibility index (Phi) is 8.09. The second-order valence-corrected chi connectivity index (χ2v) is 9.17. The second kappa shape index (κ2) is 9.87. The van der Waals surface area contributed by atoms with E-state index in [1.807, 2.05) is 0 Å². The number of alkyl halides is 1. The molecule has 3 atom stereocenters. The van der Waals surface area contributed by atoms with E-state index in [4.69, 9.17) is 28.3 Å². The summed E-state index contributed by atoms with van der Waals surface area (Å²) in [5.41, 5.74) is 0. The lowest BCUT2D eigenvalue weighted by Gasteiger charge is -2.20. The van der Waals surface area contributed by atoms with Crippen LogP contribution in [0.2, 0.25) is 10.0 Å². The number of sulfonamides is 1. The van der Waals surface area contributed by atoms with Gasteiger partial charge in [0.25, 0.3) is 0 Å². The molecule has 1 aliphatic rings. The summed E-state index contributed by atoms with van der Waals surface area (Å²) in [5, 5.41) is 9.02. The molecule has 0 saturated heterocycles. The highest BCUT2D eigenvalue weighted by molar-refractivity contribution is 7.89. The summed E-state index contributed by atoms with van der Waals surface area (Å²) >= 11 is 11.7. The van der Waals surface area contributed by atoms with Crippen molar-refractivity contribution in [2.45, 2.75) is 43.2 Å². The fourth-order valence-corrected chi connectivity index (χ4v) is 4.70. The Bertz CT molecular complexity index is 801. The van der Waals surface area contributed by atoms with Crippen LogP contribution in [0.15, 0.2) is 35.2 Å². The Morgan fingerprint density at radius 1 is 1.26 bits per heavy atom. The molecule has 0 unspecified atom stereocenters. The van der Waals surface area contributed by atoms with Gasteiger partial charge in [-0.1, -0.05) is 35.4 Å². The van der Waals surface area contributed by atoms with E-state index in [1.54, 1.807) is 12.2 Å². The molecule has 9 heteroatoms. The van der Waals surface area contributed by atoms with Crippen molar-refractivity contribution in [3.8, 4) is 0 Å². The number of carbonyl (C=O) groups is 1. The van der Waals surface area contributed by atoms with Crippen LogP contribution in [0.25, 0.3) is 0 Å². The molecule has 1 aromatic rings. The van der Waals surface area contributed by atoms with Crippen molar-refractivity contribution in [1.29, 1.82) is 0 Å². The third-order valence-electron chi connectivity index (χ3n) is 4.72. The fraction of sp³-hybridized carbons (Fsp3) is 0.500. The maximum absolute atomic E-state index is 14.2. The van der Waals surface area contributed by atoms with E-state index in [2.05, 4.69) is 4.72 Å². The van der Waals surface area contributed by atoms with Crippen LogP contribution in [0.3, 0.4) is 0 Å². The Morgan fingerprint density at radius 2 is 2.00 bits per heavy atom. The van der Waals surface area contributed by atoms with E-state index in [-0.39, 0.29) is 39.7 Å². The number of aliphatic carboxylic acids is 1. The molecule has 0 heterocycles. The highest BCUT2D eigenvalue weighted by Crippen LogP contribution is 2.37. The van der Waals surface area contributed by atoms with E-state index in [1.165, 1.54) is 18.2 Å². The van der Waals surface area contributed by atoms with Crippen LogP contribution in [0.5, 0.6) is 0 Å². The summed E-state index contributed by atoms with van der Waals surface area (Å²) in [7, 11) is -3.77. The summed E-state index contributed by atoms with van der Waals surface area (Å²) in [6.45, 7) is 0.136. The number of rotatable bonds is 9. The number of nitrogens with one attached hydrogen (secondary N) is 1. The summed E-state index contributed by atoms with van der Waals surface area (Å²) in [5.74, 6) is -1.29. The monoisotopic (exact) mass is 437 g/mol. The maximum atomic E-state index is 14.2. The molecule has 5 nitrogen and oxygen atoms in total. The first kappa shape index (κ1) is 22.1. The zero-order valence-corrected chi connectivity index (χ0v) is 16.9. The summed E-state index contributed by atoms with van der Waals surface area (Å²) < 4.78 is 41.6. The van der Waals surface area contributed by atoms with Crippen molar-refractivity contribution < 1.29 is 22.7 Å². The summed E-state index contributed by atoms with van der Waals surface area (Å²) in [6, 6.07) is 4.06. The van der Waals surface area contributed by atoms with E-state index in [0.29, 0.717) is 25.7 Å². The Labute approximate surface area is 168 Å². The minimum absolute atomic E-state index is 0.0109. The molecular weight excluding hydrogens is 416 g/mol. The smallest absolute Gasteiger partial charge is 0.303 e. The molecule has 1 saturated carbocycles. The average Bonchev–Trinajstić information content (AvgIpc) is 2.95. The van der Waals surface area contributed by atoms with Crippen LogP contribution in [0.1, 0.15) is 32.1 Å². The zero-order chi connectivity index (χ0) is 20.0. The van der Waals surface area contributed by atoms with Gasteiger partial charge < -0.3 is 5.11 Å². The average molecular weight is 438 g/mol. The van der Waals surface area contributed by atoms with Crippen molar-refractivity contribution in [3.05, 3.63) is 40.4 Å². The molecule has 2 N–H and O–H groups in total. The van der Waals surface area contributed by atoms with Gasteiger partial charge in [-0.15, -0.1) is 0 Å². The lowest BCUT2D eigenvalue weighted by molar-refractivity contribution is -0.136. The van der Waals surface area contributed by atoms with Crippen LogP contribution >= 0.6 is 23.2 Å². The van der Waals surface area contributed by atoms with Crippen LogP contribution in [-0.4, -0.2) is 32.2 Å². The van der Waals surface area contributed by atoms with Gasteiger partial charge in [0.1, 0.15) is 6.17 Å². The standard InChI is InChI=1S/C18H22Cl2FNO4S/c19-15-8-7-13(10-16(15)20)27(25,26)22-11-12-6-9-17(21)14(12)4-2-1-3-5-18(23)24/h1-2,7-8,10,12,14,17,22H,3-6,9,11H2,(H,23,24)/b2-1-/t12-,14-,17-/m1/s1. The quantitative estimate of drug-likeness (QED) is 0.558. The largest absolute Gasteiger partial charge is 0.481 e. The number of hydrogen-bond acceptors (Lipinski definition) is 3. The van der Waals surface area contributed by atoms with E-state index >= 15 is 0 Å². The van der Waals surface area contributed by atoms with Gasteiger partial charge in [0, 0.05) is 13.0 Å². The number of hydrogen-bond donors (Lipinski definition) is 2. The van der Waals surface area contributed by atoms with Crippen LogP contribution in [-0.2, 0) is 14.8 Å². The van der Waals surface area contributed by atoms with E-state index in [9.17, 15) is 17.6 Å². The Hall–Kier alpha value is -1.15. The number of halogens is 3. The van der Waals surface area contributed by atoms with Crippen molar-refractivity contribution in [3.63, 3.8) is 0 Å². The van der Waals surface area contributed by atoms with Gasteiger partial charge >= 0.3 is 5.97 Å². The minimum atomic E-state index is -3.77. The van der Waals surface area contributed by atoms with Crippen molar-refractivity contribution in [2.75, 3.05) is 6.54 Å². The molecule has 1 fully saturated rings. The summed E-state index contributed by atoms with van der Waals surface area (Å²) in [6.07, 6.45) is 4.41. The first-order chi connectivity index (χ1) is 12.7. The second-order valence-electron chi connectivity index (χ2n) is 6.58. The molecule has 1 aliphatic carbocycles. The van der Waals surface area contributed by atoms with Gasteiger partial charge in [0.2, 0.25) is 10.0 Å². The third-order valence-corrected chi connectivity index (χ3v) is 6.88. The molecule has 0 spiro atoms. The van der Waals surface area contributed by atoms with Gasteiger partial charge in [-0.05, 0) is 55.7 Å². The van der Waals surface area contributed by atoms with Gasteiger partial charge in [-0.3, -0.25) is 4.79 Å². The highest BCUT2D eigenvalue weighted by Gasteiger charge is 2.35. The van der Waals surface area contributed by atoms with E-state index < -0.39 is 22.2 Å². The number of carboxylic acid groups (broad SMARTS) is 1. The first-order valence-corrected chi connectivity index (χ1v) is 10.9. The highest BCUT2D eigenvalue weighted by atomic mass is 35.5. The SMILES string of the molecule is O=C(O)CC/C=C\C[C@@H]1[C@@H](CNS(=O)(=O)c2ccc(Cl)c(Cl)c2)CC[C@H]1F. The Morgan fingerprint density at radius 3 is 2.67 bits per heavy atom. The number of carboxylic acids is 1. The van der Waals surface area contributed by atoms with Crippen LogP contribution in [0, 0.1) is 11.8 Å². The topological polar surface area (TPSA) is 83.5 Å².